The van der Waals surface area contributed by atoms with Gasteiger partial charge in [0.15, 0.2) is 0 Å². The molecule has 0 aromatic heterocycles. The van der Waals surface area contributed by atoms with Crippen LogP contribution in [-0.4, -0.2) is 69.0 Å². The van der Waals surface area contributed by atoms with Gasteiger partial charge in [-0.1, -0.05) is 0 Å². The Labute approximate surface area is 151 Å². The number of hydrogen-bond acceptors (Lipinski definition) is 3. The first-order valence-corrected chi connectivity index (χ1v) is 8.24. The molecule has 0 bridgehead atoms. The molecule has 11 heteroatoms. The number of rotatable bonds is 6. The summed E-state index contributed by atoms with van der Waals surface area (Å²) in [6.45, 7) is 1.08. The van der Waals surface area contributed by atoms with Gasteiger partial charge in [0.1, 0.15) is 18.5 Å². The molecule has 1 saturated heterocycles. The Morgan fingerprint density at radius 2 is 1.52 bits per heavy atom. The monoisotopic (exact) mass is 405 g/mol. The molecule has 154 valence electrons. The van der Waals surface area contributed by atoms with Gasteiger partial charge in [0.2, 0.25) is 6.10 Å². The first kappa shape index (κ1) is 21.7. The number of piperazine rings is 1. The molecule has 0 saturated carbocycles. The van der Waals surface area contributed by atoms with Crippen LogP contribution in [0.2, 0.25) is 0 Å². The normalized spacial score (nSPS) is 18.2. The van der Waals surface area contributed by atoms with Gasteiger partial charge >= 0.3 is 12.4 Å². The molecule has 0 unspecified atom stereocenters. The first-order valence-electron chi connectivity index (χ1n) is 8.24. The zero-order valence-corrected chi connectivity index (χ0v) is 14.2. The molecule has 1 aromatic carbocycles. The molecular formula is C16H20F7N2O2+. The van der Waals surface area contributed by atoms with E-state index in [0.29, 0.717) is 26.2 Å². The maximum atomic E-state index is 12.9. The fourth-order valence-electron chi connectivity index (χ4n) is 2.91. The van der Waals surface area contributed by atoms with E-state index in [9.17, 15) is 35.8 Å². The lowest BCUT2D eigenvalue weighted by Gasteiger charge is -2.34. The molecule has 0 amide bonds. The Kier molecular flexibility index (Phi) is 6.92. The quantitative estimate of drug-likeness (QED) is 0.703. The van der Waals surface area contributed by atoms with E-state index in [1.165, 1.54) is 12.1 Å². The molecule has 1 fully saturated rings. The van der Waals surface area contributed by atoms with Crippen LogP contribution in [0.15, 0.2) is 24.3 Å². The highest BCUT2D eigenvalue weighted by Crippen LogP contribution is 2.35. The highest BCUT2D eigenvalue weighted by molar-refractivity contribution is 5.46. The van der Waals surface area contributed by atoms with Gasteiger partial charge in [-0.15, -0.1) is 0 Å². The standard InChI is InChI=1S/C16H19F7N2O2/c17-11-1-3-12(4-2-11)25-7-5-24(6-8-25)9-13(26)10-27-14(15(18,19)20)16(21,22)23/h1-4,13-14,26H,5-10H2/p+1/t13-/m1/s1. The van der Waals surface area contributed by atoms with Crippen LogP contribution in [0.1, 0.15) is 0 Å². The third-order valence-corrected chi connectivity index (χ3v) is 4.24. The van der Waals surface area contributed by atoms with E-state index in [-0.39, 0.29) is 12.4 Å². The Morgan fingerprint density at radius 1 is 1.00 bits per heavy atom. The molecule has 1 aliphatic rings. The van der Waals surface area contributed by atoms with E-state index >= 15 is 0 Å². The summed E-state index contributed by atoms with van der Waals surface area (Å²) in [6.07, 6.45) is -16.5. The zero-order chi connectivity index (χ0) is 20.2. The number of anilines is 1. The van der Waals surface area contributed by atoms with E-state index in [0.717, 1.165) is 10.6 Å². The fourth-order valence-corrected chi connectivity index (χ4v) is 2.91. The Morgan fingerprint density at radius 3 is 2.00 bits per heavy atom. The molecule has 1 atom stereocenters. The van der Waals surface area contributed by atoms with Crippen LogP contribution in [0, 0.1) is 5.82 Å². The number of hydrogen-bond donors (Lipinski definition) is 2. The highest BCUT2D eigenvalue weighted by atomic mass is 19.4. The smallest absolute Gasteiger partial charge is 0.385 e. The Hall–Kier alpha value is -1.59. The Bertz CT molecular complexity index is 570. The number of nitrogens with one attached hydrogen (secondary N) is 1. The van der Waals surface area contributed by atoms with Crippen molar-refractivity contribution in [1.82, 2.24) is 0 Å². The average molecular weight is 405 g/mol. The molecule has 0 aliphatic carbocycles. The third-order valence-electron chi connectivity index (χ3n) is 4.24. The van der Waals surface area contributed by atoms with Crippen LogP contribution >= 0.6 is 0 Å². The molecule has 27 heavy (non-hydrogen) atoms. The lowest BCUT2D eigenvalue weighted by molar-refractivity contribution is -0.903. The zero-order valence-electron chi connectivity index (χ0n) is 14.2. The fraction of sp³-hybridized carbons (Fsp3) is 0.625. The van der Waals surface area contributed by atoms with Gasteiger partial charge in [0, 0.05) is 5.69 Å². The average Bonchev–Trinajstić information content (AvgIpc) is 2.54. The van der Waals surface area contributed by atoms with Crippen molar-refractivity contribution in [3.05, 3.63) is 30.1 Å². The minimum atomic E-state index is -5.59. The third kappa shape index (κ3) is 6.51. The summed E-state index contributed by atoms with van der Waals surface area (Å²) in [5.74, 6) is -0.359. The summed E-state index contributed by atoms with van der Waals surface area (Å²) < 4.78 is 91.2. The number of alkyl halides is 6. The molecule has 4 nitrogen and oxygen atoms in total. The second-order valence-corrected chi connectivity index (χ2v) is 6.37. The number of benzene rings is 1. The number of nitrogens with zero attached hydrogens (tertiary/aromatic N) is 1. The number of aliphatic hydroxyl groups excluding tert-OH is 1. The van der Waals surface area contributed by atoms with Crippen LogP contribution in [0.4, 0.5) is 36.4 Å². The topological polar surface area (TPSA) is 37.1 Å². The van der Waals surface area contributed by atoms with E-state index in [1.54, 1.807) is 12.1 Å². The van der Waals surface area contributed by atoms with Gasteiger partial charge in [-0.2, -0.15) is 26.3 Å². The van der Waals surface area contributed by atoms with E-state index in [4.69, 9.17) is 0 Å². The van der Waals surface area contributed by atoms with Crippen molar-refractivity contribution in [2.45, 2.75) is 24.6 Å². The molecule has 0 spiro atoms. The molecule has 0 radical (unpaired) electrons. The molecule has 1 aliphatic heterocycles. The first-order chi connectivity index (χ1) is 12.5. The summed E-state index contributed by atoms with van der Waals surface area (Å²) in [5, 5.41) is 9.76. The SMILES string of the molecule is O[C@@H](COC(C(F)(F)F)C(F)(F)F)C[NH+]1CCN(c2ccc(F)cc2)CC1. The number of quaternary nitrogens is 1. The minimum Gasteiger partial charge on any atom is -0.385 e. The van der Waals surface area contributed by atoms with Crippen LogP contribution in [0.3, 0.4) is 0 Å². The van der Waals surface area contributed by atoms with E-state index in [2.05, 4.69) is 4.74 Å². The predicted octanol–water partition coefficient (Wildman–Crippen LogP) is 1.40. The number of aliphatic hydroxyl groups is 1. The molecule has 2 N–H and O–H groups in total. The van der Waals surface area contributed by atoms with Gasteiger partial charge in [-0.3, -0.25) is 0 Å². The number of ether oxygens (including phenoxy) is 1. The van der Waals surface area contributed by atoms with Crippen LogP contribution in [0.25, 0.3) is 0 Å². The second kappa shape index (κ2) is 8.61. The largest absolute Gasteiger partial charge is 0.423 e. The van der Waals surface area contributed by atoms with Crippen molar-refractivity contribution in [3.63, 3.8) is 0 Å². The van der Waals surface area contributed by atoms with Crippen molar-refractivity contribution in [1.29, 1.82) is 0 Å². The summed E-state index contributed by atoms with van der Waals surface area (Å²) in [5.41, 5.74) is 0.817. The van der Waals surface area contributed by atoms with Gasteiger partial charge in [-0.05, 0) is 24.3 Å². The Balaban J connectivity index is 1.78. The minimum absolute atomic E-state index is 0.0281. The lowest BCUT2D eigenvalue weighted by Crippen LogP contribution is -3.16. The highest BCUT2D eigenvalue weighted by Gasteiger charge is 2.58. The van der Waals surface area contributed by atoms with Crippen LogP contribution < -0.4 is 9.80 Å². The lowest BCUT2D eigenvalue weighted by atomic mass is 10.2. The summed E-state index contributed by atoms with van der Waals surface area (Å²) in [6, 6.07) is 5.90. The van der Waals surface area contributed by atoms with Gasteiger partial charge in [0.25, 0.3) is 0 Å². The predicted molar refractivity (Wildman–Crippen MR) is 82.0 cm³/mol. The maximum absolute atomic E-state index is 12.9. The van der Waals surface area contributed by atoms with Crippen molar-refractivity contribution < 1.29 is 45.5 Å². The van der Waals surface area contributed by atoms with E-state index in [1.807, 2.05) is 4.90 Å². The summed E-state index contributed by atoms with van der Waals surface area (Å²) in [7, 11) is 0. The van der Waals surface area contributed by atoms with Crippen molar-refractivity contribution >= 4 is 5.69 Å². The molecule has 1 aromatic rings. The van der Waals surface area contributed by atoms with Crippen molar-refractivity contribution in [3.8, 4) is 0 Å². The van der Waals surface area contributed by atoms with Crippen LogP contribution in [-0.2, 0) is 4.74 Å². The van der Waals surface area contributed by atoms with E-state index < -0.39 is 31.2 Å². The summed E-state index contributed by atoms with van der Waals surface area (Å²) >= 11 is 0. The van der Waals surface area contributed by atoms with Crippen LogP contribution in [0.5, 0.6) is 0 Å². The van der Waals surface area contributed by atoms with Crippen molar-refractivity contribution in [2.24, 2.45) is 0 Å². The maximum Gasteiger partial charge on any atom is 0.423 e. The second-order valence-electron chi connectivity index (χ2n) is 6.37. The van der Waals surface area contributed by atoms with Gasteiger partial charge in [-0.25, -0.2) is 4.39 Å². The summed E-state index contributed by atoms with van der Waals surface area (Å²) in [4.78, 5) is 2.81. The molecular weight excluding hydrogens is 385 g/mol. The number of halogens is 7. The van der Waals surface area contributed by atoms with Gasteiger partial charge in [0.05, 0.1) is 32.8 Å². The van der Waals surface area contributed by atoms with Gasteiger partial charge < -0.3 is 19.6 Å². The molecule has 1 heterocycles. The molecule has 2 rings (SSSR count). The van der Waals surface area contributed by atoms with Crippen molar-refractivity contribution in [2.75, 3.05) is 44.2 Å².